The Morgan fingerprint density at radius 2 is 0.550 bits per heavy atom. The molecule has 0 aliphatic carbocycles. The molecule has 2 heteroatoms. The van der Waals surface area contributed by atoms with E-state index in [1.54, 1.807) is 0 Å². The minimum absolute atomic E-state index is 0. The molecule has 108 valence electrons. The third-order valence-electron chi connectivity index (χ3n) is 1.82. The van der Waals surface area contributed by atoms with Crippen molar-refractivity contribution in [2.24, 2.45) is 0 Å². The summed E-state index contributed by atoms with van der Waals surface area (Å²) in [6.07, 6.45) is 0. The van der Waals surface area contributed by atoms with Crippen LogP contribution < -0.4 is 0 Å². The average molecular weight is 326 g/mol. The molecule has 20 heavy (non-hydrogen) atoms. The van der Waals surface area contributed by atoms with Gasteiger partial charge in [-0.15, -0.1) is 0 Å². The molecule has 0 aromatic heterocycles. The Hall–Kier alpha value is -1.60. The zero-order chi connectivity index (χ0) is 12.7. The molecule has 0 spiro atoms. The number of rotatable bonds is 0. The van der Waals surface area contributed by atoms with Crippen molar-refractivity contribution in [3.05, 3.63) is 109 Å². The van der Waals surface area contributed by atoms with Crippen LogP contribution in [0, 0.1) is 18.2 Å². The van der Waals surface area contributed by atoms with Gasteiger partial charge in [0.15, 0.2) is 0 Å². The zero-order valence-electron chi connectivity index (χ0n) is 11.5. The molecular weight excluding hydrogens is 308 g/mol. The fourth-order valence-electron chi connectivity index (χ4n) is 1.03. The van der Waals surface area contributed by atoms with Gasteiger partial charge in [-0.25, -0.2) is 0 Å². The largest absolute Gasteiger partial charge is 0.184 e. The molecule has 0 saturated heterocycles. The van der Waals surface area contributed by atoms with Gasteiger partial charge in [0.05, 0.1) is 0 Å². The molecule has 3 rings (SSSR count). The smallest absolute Gasteiger partial charge is 0 e. The Morgan fingerprint density at radius 3 is 0.600 bits per heavy atom. The second-order valence-corrected chi connectivity index (χ2v) is 3.23. The summed E-state index contributed by atoms with van der Waals surface area (Å²) >= 11 is 0. The molecule has 0 amide bonds. The summed E-state index contributed by atoms with van der Waals surface area (Å²) in [6.45, 7) is 0. The molecule has 0 unspecified atom stereocenters. The SMILES string of the molecule is [Cu].[SiH3].[c-]1ccccc1.[c-]1ccccc1.[c-]1ccccc1. The summed E-state index contributed by atoms with van der Waals surface area (Å²) in [7, 11) is 0. The van der Waals surface area contributed by atoms with Gasteiger partial charge in [0.25, 0.3) is 0 Å². The summed E-state index contributed by atoms with van der Waals surface area (Å²) in [5.41, 5.74) is 0. The minimum Gasteiger partial charge on any atom is -0.184 e. The normalized spacial score (nSPS) is 7.20. The van der Waals surface area contributed by atoms with E-state index in [4.69, 9.17) is 0 Å². The summed E-state index contributed by atoms with van der Waals surface area (Å²) in [4.78, 5) is 0. The topological polar surface area (TPSA) is 0 Å². The minimum atomic E-state index is 0. The Balaban J connectivity index is 0. The molecule has 0 aliphatic rings. The van der Waals surface area contributed by atoms with Crippen molar-refractivity contribution in [3.8, 4) is 0 Å². The van der Waals surface area contributed by atoms with Crippen molar-refractivity contribution >= 4 is 11.0 Å². The molecule has 0 bridgehead atoms. The molecule has 0 saturated carbocycles. The van der Waals surface area contributed by atoms with Crippen LogP contribution in [0.4, 0.5) is 0 Å². The van der Waals surface area contributed by atoms with Gasteiger partial charge in [0.1, 0.15) is 0 Å². The Morgan fingerprint density at radius 1 is 0.350 bits per heavy atom. The van der Waals surface area contributed by atoms with Crippen molar-refractivity contribution in [1.82, 2.24) is 0 Å². The van der Waals surface area contributed by atoms with E-state index in [0.29, 0.717) is 0 Å². The maximum Gasteiger partial charge on any atom is 0 e. The Labute approximate surface area is 137 Å². The fourth-order valence-corrected chi connectivity index (χ4v) is 1.03. The van der Waals surface area contributed by atoms with Gasteiger partial charge in [-0.3, -0.25) is 0 Å². The van der Waals surface area contributed by atoms with Crippen LogP contribution in [0.2, 0.25) is 0 Å². The van der Waals surface area contributed by atoms with Crippen molar-refractivity contribution in [2.75, 3.05) is 0 Å². The summed E-state index contributed by atoms with van der Waals surface area (Å²) in [6, 6.07) is 37.5. The van der Waals surface area contributed by atoms with E-state index in [1.807, 2.05) is 91.0 Å². The molecule has 3 aromatic carbocycles. The van der Waals surface area contributed by atoms with Gasteiger partial charge in [-0.05, 0) is 11.0 Å². The Kier molecular flexibility index (Phi) is 18.0. The van der Waals surface area contributed by atoms with E-state index in [9.17, 15) is 0 Å². The number of hydrogen-bond donors (Lipinski definition) is 0. The first kappa shape index (κ1) is 20.7. The van der Waals surface area contributed by atoms with E-state index in [1.165, 1.54) is 0 Å². The molecule has 0 atom stereocenters. The maximum atomic E-state index is 2.89. The van der Waals surface area contributed by atoms with Crippen molar-refractivity contribution in [3.63, 3.8) is 0 Å². The van der Waals surface area contributed by atoms with Crippen molar-refractivity contribution < 1.29 is 17.1 Å². The maximum absolute atomic E-state index is 2.89. The zero-order valence-corrected chi connectivity index (χ0v) is 14.4. The third kappa shape index (κ3) is 14.5. The van der Waals surface area contributed by atoms with Crippen LogP contribution in [0.5, 0.6) is 0 Å². The summed E-state index contributed by atoms with van der Waals surface area (Å²) in [5, 5.41) is 0. The van der Waals surface area contributed by atoms with Gasteiger partial charge in [0, 0.05) is 17.1 Å². The fraction of sp³-hybridized carbons (Fsp3) is 0. The third-order valence-corrected chi connectivity index (χ3v) is 1.82. The van der Waals surface area contributed by atoms with Crippen LogP contribution in [-0.2, 0) is 17.1 Å². The van der Waals surface area contributed by atoms with Crippen LogP contribution >= 0.6 is 0 Å². The monoisotopic (exact) mass is 325 g/mol. The average Bonchev–Trinajstić information content (AvgIpc) is 2.54. The molecule has 3 aromatic rings. The molecular formula is C18H18CuSi-3. The van der Waals surface area contributed by atoms with Crippen LogP contribution in [0.1, 0.15) is 0 Å². The summed E-state index contributed by atoms with van der Waals surface area (Å²) in [5.74, 6) is 0. The predicted molar refractivity (Wildman–Crippen MR) is 85.8 cm³/mol. The van der Waals surface area contributed by atoms with Crippen LogP contribution in [0.25, 0.3) is 0 Å². The van der Waals surface area contributed by atoms with Gasteiger partial charge < -0.3 is 0 Å². The Bertz CT molecular complexity index is 302. The molecule has 0 heterocycles. The first-order chi connectivity index (χ1) is 9.00. The van der Waals surface area contributed by atoms with E-state index < -0.39 is 0 Å². The van der Waals surface area contributed by atoms with Gasteiger partial charge in [-0.1, -0.05) is 0 Å². The summed E-state index contributed by atoms with van der Waals surface area (Å²) < 4.78 is 0. The predicted octanol–water partition coefficient (Wildman–Crippen LogP) is 3.27. The van der Waals surface area contributed by atoms with Crippen molar-refractivity contribution in [2.45, 2.75) is 0 Å². The van der Waals surface area contributed by atoms with Gasteiger partial charge in [-0.2, -0.15) is 109 Å². The van der Waals surface area contributed by atoms with E-state index >= 15 is 0 Å². The standard InChI is InChI=1S/3C6H5.Cu.H3Si/c3*1-2-4-6-5-3-1;;/h3*1-5H;;1H3/q3*-1;;. The number of benzene rings is 3. The second kappa shape index (κ2) is 17.4. The second-order valence-electron chi connectivity index (χ2n) is 3.23. The van der Waals surface area contributed by atoms with Crippen LogP contribution in [0.3, 0.4) is 0 Å². The van der Waals surface area contributed by atoms with Crippen LogP contribution in [-0.4, -0.2) is 11.0 Å². The quantitative estimate of drug-likeness (QED) is 0.439. The molecule has 0 nitrogen and oxygen atoms in total. The first-order valence-corrected chi connectivity index (χ1v) is 5.73. The van der Waals surface area contributed by atoms with Crippen molar-refractivity contribution in [1.29, 1.82) is 0 Å². The molecule has 0 N–H and O–H groups in total. The van der Waals surface area contributed by atoms with E-state index in [0.717, 1.165) is 0 Å². The molecule has 0 fully saturated rings. The molecule has 2 radical (unpaired) electrons. The number of hydrogen-bond acceptors (Lipinski definition) is 0. The van der Waals surface area contributed by atoms with E-state index in [-0.39, 0.29) is 28.0 Å². The van der Waals surface area contributed by atoms with Crippen LogP contribution in [0.15, 0.2) is 91.0 Å². The van der Waals surface area contributed by atoms with E-state index in [2.05, 4.69) is 18.2 Å². The molecule has 0 aliphatic heterocycles. The first-order valence-electron chi connectivity index (χ1n) is 5.73. The van der Waals surface area contributed by atoms with Gasteiger partial charge >= 0.3 is 0 Å². The van der Waals surface area contributed by atoms with Gasteiger partial charge in [0.2, 0.25) is 0 Å².